The molecule has 0 unspecified atom stereocenters. The summed E-state index contributed by atoms with van der Waals surface area (Å²) in [5.41, 5.74) is 0. The quantitative estimate of drug-likeness (QED) is 0.527. The van der Waals surface area contributed by atoms with Crippen LogP contribution in [0.5, 0.6) is 0 Å². The van der Waals surface area contributed by atoms with Gasteiger partial charge in [-0.2, -0.15) is 0 Å². The summed E-state index contributed by atoms with van der Waals surface area (Å²) in [7, 11) is 0. The molecule has 1 rings (SSSR count). The molecule has 102 valence electrons. The van der Waals surface area contributed by atoms with Crippen molar-refractivity contribution in [2.45, 2.75) is 39.2 Å². The van der Waals surface area contributed by atoms with Gasteiger partial charge in [0.15, 0.2) is 0 Å². The van der Waals surface area contributed by atoms with Crippen molar-refractivity contribution in [1.82, 2.24) is 5.32 Å². The maximum atomic E-state index is 11.6. The number of rotatable bonds is 7. The molecule has 0 aromatic rings. The van der Waals surface area contributed by atoms with Gasteiger partial charge in [0.05, 0.1) is 13.2 Å². The van der Waals surface area contributed by atoms with Crippen molar-refractivity contribution in [1.29, 1.82) is 0 Å². The first kappa shape index (κ1) is 14.5. The van der Waals surface area contributed by atoms with Gasteiger partial charge in [0.2, 0.25) is 11.9 Å². The van der Waals surface area contributed by atoms with Crippen LogP contribution in [0.4, 0.5) is 0 Å². The molecule has 1 saturated carbocycles. The van der Waals surface area contributed by atoms with Gasteiger partial charge in [0.25, 0.3) is 0 Å². The smallest absolute Gasteiger partial charge is 0.340 e. The molecule has 0 radical (unpaired) electrons. The highest BCUT2D eigenvalue weighted by molar-refractivity contribution is 6.02. The van der Waals surface area contributed by atoms with Crippen molar-refractivity contribution in [3.05, 3.63) is 0 Å². The van der Waals surface area contributed by atoms with E-state index in [0.29, 0.717) is 12.3 Å². The summed E-state index contributed by atoms with van der Waals surface area (Å²) in [4.78, 5) is 34.7. The SMILES string of the molecule is CCOC(=O)C(NC(=O)CC1CC1)C(=O)OCC. The Labute approximate surface area is 106 Å². The van der Waals surface area contributed by atoms with Crippen LogP contribution in [0.3, 0.4) is 0 Å². The van der Waals surface area contributed by atoms with E-state index in [0.717, 1.165) is 12.8 Å². The monoisotopic (exact) mass is 257 g/mol. The minimum atomic E-state index is -1.35. The van der Waals surface area contributed by atoms with E-state index < -0.39 is 18.0 Å². The van der Waals surface area contributed by atoms with Gasteiger partial charge >= 0.3 is 11.9 Å². The fourth-order valence-corrected chi connectivity index (χ4v) is 1.47. The summed E-state index contributed by atoms with van der Waals surface area (Å²) in [6.07, 6.45) is 2.39. The van der Waals surface area contributed by atoms with Crippen LogP contribution >= 0.6 is 0 Å². The molecule has 0 heterocycles. The van der Waals surface area contributed by atoms with Crippen LogP contribution in [0.2, 0.25) is 0 Å². The van der Waals surface area contributed by atoms with Crippen molar-refractivity contribution in [3.8, 4) is 0 Å². The van der Waals surface area contributed by atoms with Crippen LogP contribution in [0, 0.1) is 5.92 Å². The molecule has 1 N–H and O–H groups in total. The minimum absolute atomic E-state index is 0.146. The lowest BCUT2D eigenvalue weighted by Crippen LogP contribution is -2.48. The van der Waals surface area contributed by atoms with Crippen molar-refractivity contribution in [3.63, 3.8) is 0 Å². The predicted molar refractivity (Wildman–Crippen MR) is 62.5 cm³/mol. The summed E-state index contributed by atoms with van der Waals surface area (Å²) in [5.74, 6) is -1.49. The maximum Gasteiger partial charge on any atom is 0.340 e. The maximum absolute atomic E-state index is 11.6. The Morgan fingerprint density at radius 1 is 1.11 bits per heavy atom. The number of carbonyl (C=O) groups is 3. The van der Waals surface area contributed by atoms with E-state index in [2.05, 4.69) is 5.32 Å². The molecule has 0 bridgehead atoms. The van der Waals surface area contributed by atoms with Gasteiger partial charge in [-0.1, -0.05) is 0 Å². The Kier molecular flexibility index (Phi) is 5.61. The fraction of sp³-hybridized carbons (Fsp3) is 0.750. The van der Waals surface area contributed by atoms with Crippen LogP contribution in [0.1, 0.15) is 33.1 Å². The van der Waals surface area contributed by atoms with E-state index in [1.54, 1.807) is 13.8 Å². The number of hydrogen-bond donors (Lipinski definition) is 1. The lowest BCUT2D eigenvalue weighted by molar-refractivity contribution is -0.159. The summed E-state index contributed by atoms with van der Waals surface area (Å²) in [5, 5.41) is 2.37. The van der Waals surface area contributed by atoms with E-state index in [9.17, 15) is 14.4 Å². The number of esters is 2. The number of hydrogen-bond acceptors (Lipinski definition) is 5. The van der Waals surface area contributed by atoms with Crippen LogP contribution < -0.4 is 5.32 Å². The third-order valence-corrected chi connectivity index (χ3v) is 2.52. The topological polar surface area (TPSA) is 81.7 Å². The van der Waals surface area contributed by atoms with Crippen molar-refractivity contribution >= 4 is 17.8 Å². The molecule has 0 atom stereocenters. The first-order valence-electron chi connectivity index (χ1n) is 6.21. The molecule has 1 fully saturated rings. The molecule has 1 aliphatic carbocycles. The van der Waals surface area contributed by atoms with Crippen LogP contribution in [0.15, 0.2) is 0 Å². The normalized spacial score (nSPS) is 14.2. The van der Waals surface area contributed by atoms with E-state index in [-0.39, 0.29) is 19.1 Å². The zero-order valence-corrected chi connectivity index (χ0v) is 10.7. The third-order valence-electron chi connectivity index (χ3n) is 2.52. The highest BCUT2D eigenvalue weighted by Gasteiger charge is 2.33. The molecule has 0 spiro atoms. The number of carbonyl (C=O) groups excluding carboxylic acids is 3. The van der Waals surface area contributed by atoms with Gasteiger partial charge in [0, 0.05) is 6.42 Å². The molecular formula is C12H19NO5. The second-order valence-corrected chi connectivity index (χ2v) is 4.15. The number of amides is 1. The number of ether oxygens (including phenoxy) is 2. The van der Waals surface area contributed by atoms with E-state index in [4.69, 9.17) is 9.47 Å². The van der Waals surface area contributed by atoms with E-state index >= 15 is 0 Å². The summed E-state index contributed by atoms with van der Waals surface area (Å²) in [6, 6.07) is -1.35. The fourth-order valence-electron chi connectivity index (χ4n) is 1.47. The Balaban J connectivity index is 2.54. The summed E-state index contributed by atoms with van der Waals surface area (Å²) < 4.78 is 9.48. The molecule has 1 amide bonds. The van der Waals surface area contributed by atoms with Crippen molar-refractivity contribution in [2.24, 2.45) is 5.92 Å². The van der Waals surface area contributed by atoms with Gasteiger partial charge in [-0.05, 0) is 32.6 Å². The summed E-state index contributed by atoms with van der Waals surface area (Å²) in [6.45, 7) is 3.55. The zero-order chi connectivity index (χ0) is 13.5. The second-order valence-electron chi connectivity index (χ2n) is 4.15. The van der Waals surface area contributed by atoms with Crippen LogP contribution in [-0.2, 0) is 23.9 Å². The molecule has 0 aromatic carbocycles. The predicted octanol–water partition coefficient (Wildman–Crippen LogP) is 0.397. The summed E-state index contributed by atoms with van der Waals surface area (Å²) >= 11 is 0. The molecule has 18 heavy (non-hydrogen) atoms. The lowest BCUT2D eigenvalue weighted by atomic mass is 10.2. The van der Waals surface area contributed by atoms with Gasteiger partial charge in [0.1, 0.15) is 0 Å². The second kappa shape index (κ2) is 6.98. The van der Waals surface area contributed by atoms with Gasteiger partial charge in [-0.3, -0.25) is 4.79 Å². The van der Waals surface area contributed by atoms with E-state index in [1.165, 1.54) is 0 Å². The van der Waals surface area contributed by atoms with Gasteiger partial charge in [-0.25, -0.2) is 9.59 Å². The van der Waals surface area contributed by atoms with Gasteiger partial charge in [-0.15, -0.1) is 0 Å². The third kappa shape index (κ3) is 4.73. The molecular weight excluding hydrogens is 238 g/mol. The largest absolute Gasteiger partial charge is 0.464 e. The van der Waals surface area contributed by atoms with Crippen LogP contribution in [-0.4, -0.2) is 37.1 Å². The van der Waals surface area contributed by atoms with E-state index in [1.807, 2.05) is 0 Å². The Bertz CT molecular complexity index is 306. The Morgan fingerprint density at radius 3 is 2.00 bits per heavy atom. The highest BCUT2D eigenvalue weighted by atomic mass is 16.6. The average Bonchev–Trinajstić information content (AvgIpc) is 3.10. The van der Waals surface area contributed by atoms with Gasteiger partial charge < -0.3 is 14.8 Å². The minimum Gasteiger partial charge on any atom is -0.464 e. The zero-order valence-electron chi connectivity index (χ0n) is 10.7. The highest BCUT2D eigenvalue weighted by Crippen LogP contribution is 2.32. The molecule has 1 aliphatic rings. The molecule has 6 nitrogen and oxygen atoms in total. The first-order chi connectivity index (χ1) is 8.58. The standard InChI is InChI=1S/C12H19NO5/c1-3-17-11(15)10(12(16)18-4-2)13-9(14)7-8-5-6-8/h8,10H,3-7H2,1-2H3,(H,13,14). The van der Waals surface area contributed by atoms with Crippen LogP contribution in [0.25, 0.3) is 0 Å². The lowest BCUT2D eigenvalue weighted by Gasteiger charge is -2.15. The Morgan fingerprint density at radius 2 is 1.61 bits per heavy atom. The van der Waals surface area contributed by atoms with Crippen molar-refractivity contribution in [2.75, 3.05) is 13.2 Å². The Hall–Kier alpha value is -1.59. The molecule has 6 heteroatoms. The van der Waals surface area contributed by atoms with Crippen molar-refractivity contribution < 1.29 is 23.9 Å². The average molecular weight is 257 g/mol. The molecule has 0 saturated heterocycles. The number of nitrogens with one attached hydrogen (secondary N) is 1. The first-order valence-corrected chi connectivity index (χ1v) is 6.21. The molecule has 0 aliphatic heterocycles. The molecule has 0 aromatic heterocycles.